The number of nitrogens with one attached hydrogen (secondary N) is 1. The highest BCUT2D eigenvalue weighted by atomic mass is 79.9. The van der Waals surface area contributed by atoms with Crippen molar-refractivity contribution in [3.05, 3.63) is 50.9 Å². The Labute approximate surface area is 173 Å². The summed E-state index contributed by atoms with van der Waals surface area (Å²) >= 11 is 4.79. The fourth-order valence-corrected chi connectivity index (χ4v) is 4.04. The van der Waals surface area contributed by atoms with Crippen LogP contribution < -0.4 is 11.1 Å². The fraction of sp³-hybridized carbons (Fsp3) is 0.333. The number of carbonyl (C=O) groups excluding carboxylic acids is 1. The second kappa shape index (κ2) is 8.38. The molecular weight excluding hydrogens is 446 g/mol. The largest absolute Gasteiger partial charge is 0.438 e. The van der Waals surface area contributed by atoms with Crippen molar-refractivity contribution in [2.45, 2.75) is 19.5 Å². The average Bonchev–Trinajstić information content (AvgIpc) is 3.34. The van der Waals surface area contributed by atoms with E-state index in [0.717, 1.165) is 28.7 Å². The number of anilines is 1. The number of pyridine rings is 1. The zero-order valence-electron chi connectivity index (χ0n) is 14.9. The van der Waals surface area contributed by atoms with Gasteiger partial charge in [0, 0.05) is 17.2 Å². The summed E-state index contributed by atoms with van der Waals surface area (Å²) in [5, 5.41) is 9.05. The van der Waals surface area contributed by atoms with Gasteiger partial charge in [-0.2, -0.15) is 4.68 Å². The van der Waals surface area contributed by atoms with Crippen molar-refractivity contribution in [3.63, 3.8) is 0 Å². The standard InChI is InChI=1S/C18H18BrN5O3S/c19-13-5-6-15(20-9-13)21-16(25)12-3-1-7-23(10-12)11-24-18(26)27-17(22-24)14-4-2-8-28-14/h2,4-6,8-9,12H,1,3,7,10-11H2,(H,20,21,25). The fourth-order valence-electron chi connectivity index (χ4n) is 3.16. The second-order valence-corrected chi connectivity index (χ2v) is 8.42. The first kappa shape index (κ1) is 19.0. The summed E-state index contributed by atoms with van der Waals surface area (Å²) in [4.78, 5) is 31.7. The third kappa shape index (κ3) is 4.40. The first-order valence-corrected chi connectivity index (χ1v) is 10.5. The van der Waals surface area contributed by atoms with Gasteiger partial charge in [0.1, 0.15) is 12.5 Å². The number of amides is 1. The molecule has 0 radical (unpaired) electrons. The Kier molecular flexibility index (Phi) is 5.69. The Morgan fingerprint density at radius 1 is 1.39 bits per heavy atom. The van der Waals surface area contributed by atoms with E-state index in [1.807, 2.05) is 28.5 Å². The van der Waals surface area contributed by atoms with Crippen molar-refractivity contribution in [1.29, 1.82) is 0 Å². The van der Waals surface area contributed by atoms with Crippen molar-refractivity contribution in [2.75, 3.05) is 18.4 Å². The molecule has 3 aromatic heterocycles. The van der Waals surface area contributed by atoms with Gasteiger partial charge in [0.2, 0.25) is 5.91 Å². The predicted molar refractivity (Wildman–Crippen MR) is 109 cm³/mol. The normalized spacial score (nSPS) is 17.5. The summed E-state index contributed by atoms with van der Waals surface area (Å²) in [5.41, 5.74) is 0. The Bertz CT molecular complexity index is 999. The van der Waals surface area contributed by atoms with E-state index < -0.39 is 5.76 Å². The second-order valence-electron chi connectivity index (χ2n) is 6.56. The topological polar surface area (TPSA) is 93.3 Å². The molecule has 1 aliphatic heterocycles. The monoisotopic (exact) mass is 463 g/mol. The third-order valence-corrected chi connectivity index (χ3v) is 5.85. The van der Waals surface area contributed by atoms with E-state index in [1.54, 1.807) is 12.3 Å². The maximum atomic E-state index is 12.6. The van der Waals surface area contributed by atoms with Crippen LogP contribution in [0.4, 0.5) is 5.82 Å². The van der Waals surface area contributed by atoms with Crippen LogP contribution in [0.15, 0.2) is 49.5 Å². The minimum absolute atomic E-state index is 0.0636. The summed E-state index contributed by atoms with van der Waals surface area (Å²) in [7, 11) is 0. The Morgan fingerprint density at radius 3 is 3.04 bits per heavy atom. The number of likely N-dealkylation sites (tertiary alicyclic amines) is 1. The zero-order valence-corrected chi connectivity index (χ0v) is 17.3. The van der Waals surface area contributed by atoms with Crippen molar-refractivity contribution in [3.8, 4) is 10.8 Å². The lowest BCUT2D eigenvalue weighted by atomic mass is 9.97. The van der Waals surface area contributed by atoms with Crippen LogP contribution in [-0.4, -0.2) is 38.7 Å². The number of hydrogen-bond donors (Lipinski definition) is 1. The molecule has 0 aliphatic carbocycles. The van der Waals surface area contributed by atoms with Gasteiger partial charge >= 0.3 is 5.76 Å². The summed E-state index contributed by atoms with van der Waals surface area (Å²) in [6, 6.07) is 7.33. The molecule has 0 aromatic carbocycles. The lowest BCUT2D eigenvalue weighted by Crippen LogP contribution is -2.42. The van der Waals surface area contributed by atoms with Gasteiger partial charge in [0.25, 0.3) is 5.89 Å². The maximum absolute atomic E-state index is 12.6. The van der Waals surface area contributed by atoms with Gasteiger partial charge in [-0.05, 0) is 58.9 Å². The van der Waals surface area contributed by atoms with E-state index in [2.05, 4.69) is 31.3 Å². The Balaban J connectivity index is 1.39. The van der Waals surface area contributed by atoms with E-state index in [4.69, 9.17) is 4.42 Å². The maximum Gasteiger partial charge on any atom is 0.438 e. The highest BCUT2D eigenvalue weighted by Crippen LogP contribution is 2.22. The molecule has 8 nitrogen and oxygen atoms in total. The molecule has 1 atom stereocenters. The molecule has 0 saturated carbocycles. The number of thiophene rings is 1. The van der Waals surface area contributed by atoms with Gasteiger partial charge in [-0.1, -0.05) is 6.07 Å². The van der Waals surface area contributed by atoms with E-state index in [9.17, 15) is 9.59 Å². The first-order chi connectivity index (χ1) is 13.6. The van der Waals surface area contributed by atoms with Crippen molar-refractivity contribution >= 4 is 39.0 Å². The Morgan fingerprint density at radius 2 is 2.29 bits per heavy atom. The summed E-state index contributed by atoms with van der Waals surface area (Å²) in [6.45, 7) is 1.65. The van der Waals surface area contributed by atoms with E-state index in [-0.39, 0.29) is 11.8 Å². The highest BCUT2D eigenvalue weighted by molar-refractivity contribution is 9.10. The van der Waals surface area contributed by atoms with Crippen LogP contribution in [-0.2, 0) is 11.5 Å². The summed E-state index contributed by atoms with van der Waals surface area (Å²) in [6.07, 6.45) is 3.31. The number of halogens is 1. The summed E-state index contributed by atoms with van der Waals surface area (Å²) in [5.74, 6) is 0.130. The van der Waals surface area contributed by atoms with E-state index in [0.29, 0.717) is 24.9 Å². The molecule has 1 aliphatic rings. The van der Waals surface area contributed by atoms with Gasteiger partial charge < -0.3 is 9.73 Å². The molecule has 146 valence electrons. The SMILES string of the molecule is O=C(Nc1ccc(Br)cn1)C1CCCN(Cn2nc(-c3cccs3)oc2=O)C1. The lowest BCUT2D eigenvalue weighted by Gasteiger charge is -2.31. The molecule has 0 bridgehead atoms. The molecular formula is C18H18BrN5O3S. The number of piperidine rings is 1. The lowest BCUT2D eigenvalue weighted by molar-refractivity contribution is -0.121. The van der Waals surface area contributed by atoms with Crippen LogP contribution in [0.3, 0.4) is 0 Å². The predicted octanol–water partition coefficient (Wildman–Crippen LogP) is 3.03. The van der Waals surface area contributed by atoms with Crippen LogP contribution >= 0.6 is 27.3 Å². The van der Waals surface area contributed by atoms with Crippen molar-refractivity contribution in [1.82, 2.24) is 19.7 Å². The number of carbonyl (C=O) groups is 1. The van der Waals surface area contributed by atoms with Crippen LogP contribution in [0, 0.1) is 5.92 Å². The number of hydrogen-bond acceptors (Lipinski definition) is 7. The van der Waals surface area contributed by atoms with Crippen LogP contribution in [0.1, 0.15) is 12.8 Å². The van der Waals surface area contributed by atoms with E-state index >= 15 is 0 Å². The number of aromatic nitrogens is 3. The molecule has 3 aromatic rings. The molecule has 0 spiro atoms. The van der Waals surface area contributed by atoms with Gasteiger partial charge in [-0.15, -0.1) is 16.4 Å². The van der Waals surface area contributed by atoms with Gasteiger partial charge in [-0.3, -0.25) is 9.69 Å². The molecule has 1 unspecified atom stereocenters. The van der Waals surface area contributed by atoms with Gasteiger partial charge in [-0.25, -0.2) is 9.78 Å². The quantitative estimate of drug-likeness (QED) is 0.624. The minimum Gasteiger partial charge on any atom is -0.387 e. The first-order valence-electron chi connectivity index (χ1n) is 8.85. The van der Waals surface area contributed by atoms with Gasteiger partial charge in [0.05, 0.1) is 10.8 Å². The molecule has 28 heavy (non-hydrogen) atoms. The van der Waals surface area contributed by atoms with Crippen molar-refractivity contribution < 1.29 is 9.21 Å². The Hall–Kier alpha value is -2.30. The zero-order chi connectivity index (χ0) is 19.5. The van der Waals surface area contributed by atoms with Crippen molar-refractivity contribution in [2.24, 2.45) is 5.92 Å². The average molecular weight is 464 g/mol. The molecule has 1 N–H and O–H groups in total. The highest BCUT2D eigenvalue weighted by Gasteiger charge is 2.27. The van der Waals surface area contributed by atoms with E-state index in [1.165, 1.54) is 16.0 Å². The van der Waals surface area contributed by atoms with Crippen LogP contribution in [0.5, 0.6) is 0 Å². The molecule has 4 heterocycles. The number of nitrogens with zero attached hydrogens (tertiary/aromatic N) is 4. The molecule has 1 saturated heterocycles. The number of rotatable bonds is 5. The third-order valence-electron chi connectivity index (χ3n) is 4.53. The summed E-state index contributed by atoms with van der Waals surface area (Å²) < 4.78 is 7.42. The van der Waals surface area contributed by atoms with Crippen LogP contribution in [0.25, 0.3) is 10.8 Å². The minimum atomic E-state index is -0.492. The van der Waals surface area contributed by atoms with Crippen LogP contribution in [0.2, 0.25) is 0 Å². The molecule has 4 rings (SSSR count). The molecule has 1 fully saturated rings. The molecule has 10 heteroatoms. The smallest absolute Gasteiger partial charge is 0.387 e. The van der Waals surface area contributed by atoms with Gasteiger partial charge in [0.15, 0.2) is 0 Å². The molecule has 1 amide bonds.